The van der Waals surface area contributed by atoms with Gasteiger partial charge in [0.15, 0.2) is 0 Å². The van der Waals surface area contributed by atoms with Crippen LogP contribution in [-0.2, 0) is 38.6 Å². The van der Waals surface area contributed by atoms with Gasteiger partial charge in [0.05, 0.1) is 50.1 Å². The molecule has 0 aromatic carbocycles. The first-order valence-corrected chi connectivity index (χ1v) is 64.5. The average Bonchev–Trinajstić information content (AvgIpc) is 1.03. The summed E-state index contributed by atoms with van der Waals surface area (Å²) in [6.45, 7) is 106. The average molecular weight is 2160 g/mol. The van der Waals surface area contributed by atoms with Crippen molar-refractivity contribution in [1.82, 2.24) is 89.4 Å². The fourth-order valence-electron chi connectivity index (χ4n) is 19.5. The molecule has 12 fully saturated rings. The Bertz CT molecular complexity index is 2880. The molecule has 150 heavy (non-hydrogen) atoms. The standard InChI is InChI=1S/C11H24N2.C11H23NO.C10H22N2.2C10H21NO.C10H21N.C9H17NO.C9H19NO.C9H19N.C8H18N2.C8H17NO.C8H17N.C5H12N2O.C4H11NO2S/c1-11(2)12(3)9-10-13-7-5-4-6-8-13;1-11(2)13-10-6-9-12-7-4-3-5-8-12;1-10(2)11-6-9-12-7-4-3-5-8-12;1-9(2)12-7-5-10-4-6-11(3)8-10;1-10(2)12-9-8-11-6-4-3-5-7-11;1-10(2)6-9-11-7-4-3-5-8-11;1-8(2)7-10-6-4-3-5-9(10)11;1-9(2)11-8-10-6-4-3-5-7-10;1-9(2)8-10-6-4-3-5-7-10;1-8(2)10-6-4-9(3)5-7-10;1-8(2)10-9-6-4-3-5-7-9;1-8(2)9-6-4-3-5-7-9;1-4(2)7-5(8)6-3;1-4(2)5-8(3,6)7/h11H,4-10H2,1-3H3;11H,3-10H2,1-2H3;10-11H,3-9H2,1-2H3;9-10H,4-8H2,1-3H3;10H,3-9H2,1-2H3;10H,3-9H2,1-2H3;8H,3-7H2,1-2H3;9H,3-8H2,1-2H3;9H,3-8H2,1-2H3;8H,4-7H2,1-3H3;8H,3-7H2,1-2H3;8H,3-7H2,1-2H3;4H,1-3H3,(H2,6,7,8);4-5H,1-3H3. The molecule has 0 aromatic rings. The summed E-state index contributed by atoms with van der Waals surface area (Å²) in [6.07, 6.45) is 49.1. The highest BCUT2D eigenvalue weighted by molar-refractivity contribution is 7.88. The van der Waals surface area contributed by atoms with Crippen LogP contribution in [0.5, 0.6) is 0 Å². The summed E-state index contributed by atoms with van der Waals surface area (Å²) < 4.78 is 45.1. The summed E-state index contributed by atoms with van der Waals surface area (Å²) >= 11 is 0. The van der Waals surface area contributed by atoms with E-state index in [1.165, 1.54) is 389 Å². The highest BCUT2D eigenvalue weighted by Gasteiger charge is 2.24. The van der Waals surface area contributed by atoms with Gasteiger partial charge in [0.2, 0.25) is 15.9 Å². The van der Waals surface area contributed by atoms with E-state index in [1.807, 2.05) is 18.7 Å². The van der Waals surface area contributed by atoms with Crippen LogP contribution in [0.2, 0.25) is 0 Å². The van der Waals surface area contributed by atoms with Crippen molar-refractivity contribution in [2.75, 3.05) is 284 Å². The summed E-state index contributed by atoms with van der Waals surface area (Å²) in [5, 5.41) is 10.6. The largest absolute Gasteiger partial charge is 0.379 e. The molecule has 27 nitrogen and oxygen atoms in total. The van der Waals surface area contributed by atoms with Gasteiger partial charge in [-0.2, -0.15) is 5.06 Å². The monoisotopic (exact) mass is 2160 g/mol. The molecule has 1 atom stereocenters. The van der Waals surface area contributed by atoms with E-state index in [1.54, 1.807) is 20.9 Å². The van der Waals surface area contributed by atoms with Gasteiger partial charge < -0.3 is 88.8 Å². The molecule has 1 unspecified atom stereocenters. The SMILES string of the molecule is CC(C)CCN1CCCCC1.CC(C)CN1CCCCC1.CC(C)CN1CCCCC1=O.CC(C)N(C)CCN1CCCCC1.CC(C)N1CCCCC1.CC(C)N1CCN(C)CC1.CC(C)NCCN1CCCCC1.CC(C)NS(C)(=O)=O.CC(C)OCCC1CCN(C)C1.CC(C)OCCCN1CCCCC1.CC(C)OCCN1CCCCC1.CC(C)OCN1CCCCC1.CC(C)ON1CCCCC1.CNC(=O)NC(C)C. The molecule has 0 saturated carbocycles. The van der Waals surface area contributed by atoms with E-state index >= 15 is 0 Å². The molecule has 0 aliphatic carbocycles. The maximum absolute atomic E-state index is 11.3. The van der Waals surface area contributed by atoms with Crippen LogP contribution in [-0.4, -0.2) is 439 Å². The number of ether oxygens (including phenoxy) is 4. The topological polar surface area (TPSA) is 208 Å². The number of nitrogens with zero attached hydrogens (tertiary/aromatic N) is 14. The summed E-state index contributed by atoms with van der Waals surface area (Å²) in [5.74, 6) is 3.56. The van der Waals surface area contributed by atoms with Gasteiger partial charge in [-0.1, -0.05) is 113 Å². The van der Waals surface area contributed by atoms with E-state index in [2.05, 4.69) is 272 Å². The molecule has 28 heteroatoms. The van der Waals surface area contributed by atoms with Gasteiger partial charge in [-0.3, -0.25) is 19.4 Å². The number of carbonyl (C=O) groups excluding carboxylic acids is 2. The van der Waals surface area contributed by atoms with Gasteiger partial charge in [-0.15, -0.1) is 0 Å². The first-order chi connectivity index (χ1) is 71.2. The lowest BCUT2D eigenvalue weighted by molar-refractivity contribution is -0.195. The van der Waals surface area contributed by atoms with Crippen LogP contribution in [0.4, 0.5) is 4.79 Å². The van der Waals surface area contributed by atoms with E-state index in [4.69, 9.17) is 23.8 Å². The van der Waals surface area contributed by atoms with E-state index < -0.39 is 10.0 Å². The number of likely N-dealkylation sites (tertiary alicyclic amines) is 10. The molecule has 12 saturated heterocycles. The molecule has 12 aliphatic heterocycles. The Morgan fingerprint density at radius 1 is 0.373 bits per heavy atom. The number of amides is 3. The first kappa shape index (κ1) is 150. The summed E-state index contributed by atoms with van der Waals surface area (Å²) in [6, 6.07) is 2.92. The zero-order valence-corrected chi connectivity index (χ0v) is 107. The maximum atomic E-state index is 11.3. The van der Waals surface area contributed by atoms with E-state index in [0.717, 1.165) is 115 Å². The zero-order chi connectivity index (χ0) is 113. The fourth-order valence-corrected chi connectivity index (χ4v) is 20.3. The Morgan fingerprint density at radius 2 is 0.760 bits per heavy atom. The van der Waals surface area contributed by atoms with E-state index in [-0.39, 0.29) is 18.1 Å². The number of hydrogen-bond acceptors (Lipinski definition) is 23. The Labute approximate surface area is 933 Å². The third-order valence-electron chi connectivity index (χ3n) is 28.6. The van der Waals surface area contributed by atoms with E-state index in [0.29, 0.717) is 54.4 Å². The molecule has 0 aromatic heterocycles. The highest BCUT2D eigenvalue weighted by Crippen LogP contribution is 2.21. The predicted molar refractivity (Wildman–Crippen MR) is 649 cm³/mol. The molecule has 0 bridgehead atoms. The fraction of sp³-hybridized carbons (Fsp3) is 0.984. The second-order valence-corrected chi connectivity index (χ2v) is 51.1. The minimum Gasteiger partial charge on any atom is -0.379 e. The van der Waals surface area contributed by atoms with Crippen molar-refractivity contribution < 1.29 is 41.8 Å². The Hall–Kier alpha value is -2.11. The molecular weight excluding hydrogens is 1890 g/mol. The van der Waals surface area contributed by atoms with Crippen molar-refractivity contribution in [3.63, 3.8) is 0 Å². The molecule has 0 spiro atoms. The molecule has 3 amide bonds. The molecule has 12 rings (SSSR count). The van der Waals surface area contributed by atoms with Gasteiger partial charge in [-0.25, -0.2) is 17.9 Å². The molecule has 12 heterocycles. The quantitative estimate of drug-likeness (QED) is 0.0424. The van der Waals surface area contributed by atoms with Crippen molar-refractivity contribution in [3.8, 4) is 0 Å². The van der Waals surface area contributed by atoms with Crippen molar-refractivity contribution in [1.29, 1.82) is 0 Å². The number of carbonyl (C=O) groups is 2. The van der Waals surface area contributed by atoms with Gasteiger partial charge in [0, 0.05) is 181 Å². The lowest BCUT2D eigenvalue weighted by atomic mass is 10.1. The number of nitrogens with one attached hydrogen (secondary N) is 4. The Kier molecular flexibility index (Phi) is 98.7. The highest BCUT2D eigenvalue weighted by atomic mass is 32.2. The summed E-state index contributed by atoms with van der Waals surface area (Å²) in [7, 11) is 5.23. The predicted octanol–water partition coefficient (Wildman–Crippen LogP) is 22.0. The third kappa shape index (κ3) is 100. The minimum absolute atomic E-state index is 0.00463. The van der Waals surface area contributed by atoms with Crippen LogP contribution >= 0.6 is 0 Å². The Balaban J connectivity index is 0. The van der Waals surface area contributed by atoms with Crippen LogP contribution in [0.15, 0.2) is 0 Å². The Morgan fingerprint density at radius 3 is 1.11 bits per heavy atom. The minimum atomic E-state index is -2.97. The number of urea groups is 1. The summed E-state index contributed by atoms with van der Waals surface area (Å²) in [5.41, 5.74) is 0. The van der Waals surface area contributed by atoms with Crippen molar-refractivity contribution >= 4 is 22.0 Å². The van der Waals surface area contributed by atoms with Gasteiger partial charge in [0.25, 0.3) is 0 Å². The van der Waals surface area contributed by atoms with Crippen LogP contribution in [0, 0.1) is 23.7 Å². The number of sulfonamides is 1. The maximum Gasteiger partial charge on any atom is 0.314 e. The molecule has 900 valence electrons. The van der Waals surface area contributed by atoms with Crippen LogP contribution < -0.4 is 20.7 Å². The summed E-state index contributed by atoms with van der Waals surface area (Å²) in [4.78, 5) is 59.3. The third-order valence-corrected chi connectivity index (χ3v) is 29.5. The number of piperidine rings is 10. The molecular formula is C122H262N18O9S. The van der Waals surface area contributed by atoms with Gasteiger partial charge >= 0.3 is 6.03 Å². The van der Waals surface area contributed by atoms with Crippen LogP contribution in [0.3, 0.4) is 0 Å². The number of likely N-dealkylation sites (N-methyl/N-ethyl adjacent to an activating group) is 2. The smallest absolute Gasteiger partial charge is 0.314 e. The number of hydrogen-bond donors (Lipinski definition) is 4. The van der Waals surface area contributed by atoms with Gasteiger partial charge in [-0.05, 0) is 442 Å². The second-order valence-electron chi connectivity index (χ2n) is 49.4. The lowest BCUT2D eigenvalue weighted by Gasteiger charge is -2.34. The normalized spacial score (nSPS) is 20.3. The number of hydroxylamine groups is 2. The second kappa shape index (κ2) is 98.8. The van der Waals surface area contributed by atoms with Crippen LogP contribution in [0.1, 0.15) is 412 Å². The first-order valence-electron chi connectivity index (χ1n) is 62.6. The van der Waals surface area contributed by atoms with Crippen LogP contribution in [0.25, 0.3) is 0 Å². The van der Waals surface area contributed by atoms with E-state index in [9.17, 15) is 18.0 Å². The van der Waals surface area contributed by atoms with Gasteiger partial charge in [0.1, 0.15) is 0 Å². The molecule has 4 N–H and O–H groups in total. The van der Waals surface area contributed by atoms with Crippen molar-refractivity contribution in [2.45, 2.75) is 479 Å². The molecule has 12 aliphatic rings. The lowest BCUT2D eigenvalue weighted by Crippen LogP contribution is -2.47. The molecule has 0 radical (unpaired) electrons. The number of rotatable bonds is 38. The van der Waals surface area contributed by atoms with Crippen molar-refractivity contribution in [2.24, 2.45) is 23.7 Å². The van der Waals surface area contributed by atoms with Crippen molar-refractivity contribution in [3.05, 3.63) is 0 Å². The zero-order valence-electron chi connectivity index (χ0n) is 106. The number of piperazine rings is 1.